The maximum atomic E-state index is 12.6. The number of nitrogens with one attached hydrogen (secondary N) is 1. The van der Waals surface area contributed by atoms with E-state index in [0.717, 1.165) is 51.9 Å². The van der Waals surface area contributed by atoms with Crippen molar-refractivity contribution in [3.63, 3.8) is 0 Å². The molecule has 2 heterocycles. The fraction of sp³-hybridized carbons (Fsp3) is 0.929. The van der Waals surface area contributed by atoms with Gasteiger partial charge in [0.15, 0.2) is 0 Å². The van der Waals surface area contributed by atoms with Crippen LogP contribution >= 0.6 is 0 Å². The Morgan fingerprint density at radius 3 is 2.94 bits per heavy atom. The van der Waals surface area contributed by atoms with Crippen LogP contribution in [0.1, 0.15) is 46.0 Å². The summed E-state index contributed by atoms with van der Waals surface area (Å²) >= 11 is 0. The molecule has 0 aliphatic carbocycles. The molecule has 2 saturated heterocycles. The number of hydrogen-bond donors (Lipinski definition) is 1. The predicted octanol–water partition coefficient (Wildman–Crippen LogP) is 1.55. The van der Waals surface area contributed by atoms with Crippen LogP contribution in [0.4, 0.5) is 0 Å². The van der Waals surface area contributed by atoms with Crippen LogP contribution in [0.3, 0.4) is 0 Å². The molecule has 104 valence electrons. The second-order valence-corrected chi connectivity index (χ2v) is 5.69. The van der Waals surface area contributed by atoms with E-state index in [2.05, 4.69) is 12.2 Å². The second-order valence-electron chi connectivity index (χ2n) is 5.69. The maximum Gasteiger partial charge on any atom is 0.242 e. The number of nitrogens with zero attached hydrogens (tertiary/aromatic N) is 1. The number of ether oxygens (including phenoxy) is 1. The number of carbonyl (C=O) groups excluding carboxylic acids is 1. The van der Waals surface area contributed by atoms with Gasteiger partial charge in [0.1, 0.15) is 0 Å². The molecule has 0 aromatic carbocycles. The van der Waals surface area contributed by atoms with Gasteiger partial charge >= 0.3 is 0 Å². The van der Waals surface area contributed by atoms with Crippen LogP contribution in [0.5, 0.6) is 0 Å². The smallest absolute Gasteiger partial charge is 0.242 e. The van der Waals surface area contributed by atoms with Gasteiger partial charge in [-0.15, -0.1) is 0 Å². The fourth-order valence-corrected chi connectivity index (χ4v) is 3.08. The van der Waals surface area contributed by atoms with E-state index < -0.39 is 0 Å². The minimum absolute atomic E-state index is 0.236. The predicted molar refractivity (Wildman–Crippen MR) is 71.5 cm³/mol. The van der Waals surface area contributed by atoms with Gasteiger partial charge in [0.05, 0.1) is 11.6 Å². The van der Waals surface area contributed by atoms with Crippen molar-refractivity contribution in [2.45, 2.75) is 57.6 Å². The van der Waals surface area contributed by atoms with Crippen LogP contribution in [0.25, 0.3) is 0 Å². The van der Waals surface area contributed by atoms with Crippen molar-refractivity contribution in [3.05, 3.63) is 0 Å². The molecule has 2 unspecified atom stereocenters. The number of amides is 1. The van der Waals surface area contributed by atoms with E-state index in [1.54, 1.807) is 0 Å². The normalized spacial score (nSPS) is 33.4. The first kappa shape index (κ1) is 13.8. The van der Waals surface area contributed by atoms with Crippen molar-refractivity contribution in [1.82, 2.24) is 10.2 Å². The Morgan fingerprint density at radius 2 is 2.28 bits per heavy atom. The van der Waals surface area contributed by atoms with Crippen molar-refractivity contribution < 1.29 is 9.53 Å². The summed E-state index contributed by atoms with van der Waals surface area (Å²) in [5, 5.41) is 3.41. The van der Waals surface area contributed by atoms with E-state index in [0.29, 0.717) is 0 Å². The van der Waals surface area contributed by atoms with Crippen molar-refractivity contribution in [2.24, 2.45) is 0 Å². The summed E-state index contributed by atoms with van der Waals surface area (Å²) in [4.78, 5) is 14.6. The first-order valence-electron chi connectivity index (χ1n) is 7.32. The summed E-state index contributed by atoms with van der Waals surface area (Å²) in [5.41, 5.74) is -0.341. The highest BCUT2D eigenvalue weighted by Gasteiger charge is 2.38. The Morgan fingerprint density at radius 1 is 1.44 bits per heavy atom. The molecular formula is C14H26N2O2. The molecule has 0 aromatic heterocycles. The lowest BCUT2D eigenvalue weighted by molar-refractivity contribution is -0.142. The van der Waals surface area contributed by atoms with Gasteiger partial charge in [-0.25, -0.2) is 0 Å². The Kier molecular flexibility index (Phi) is 4.62. The van der Waals surface area contributed by atoms with Crippen molar-refractivity contribution in [2.75, 3.05) is 26.2 Å². The van der Waals surface area contributed by atoms with Crippen molar-refractivity contribution in [1.29, 1.82) is 0 Å². The second kappa shape index (κ2) is 6.02. The quantitative estimate of drug-likeness (QED) is 0.831. The molecule has 0 bridgehead atoms. The van der Waals surface area contributed by atoms with Gasteiger partial charge in [0, 0.05) is 19.7 Å². The van der Waals surface area contributed by atoms with E-state index in [4.69, 9.17) is 4.74 Å². The summed E-state index contributed by atoms with van der Waals surface area (Å²) in [5.74, 6) is 0.270. The molecule has 1 N–H and O–H groups in total. The molecule has 4 nitrogen and oxygen atoms in total. The standard InChI is InChI=1S/C14H26N2O2/c1-3-18-12-7-6-10-16(11-12)13(17)14(2)8-4-5-9-15-14/h12,15H,3-11H2,1-2H3. The van der Waals surface area contributed by atoms with Crippen LogP contribution in [-0.2, 0) is 9.53 Å². The molecule has 18 heavy (non-hydrogen) atoms. The molecule has 2 rings (SSSR count). The number of piperidine rings is 2. The highest BCUT2D eigenvalue weighted by Crippen LogP contribution is 2.24. The molecular weight excluding hydrogens is 228 g/mol. The van der Waals surface area contributed by atoms with Crippen molar-refractivity contribution >= 4 is 5.91 Å². The molecule has 2 aliphatic heterocycles. The van der Waals surface area contributed by atoms with Crippen LogP contribution in [0.2, 0.25) is 0 Å². The molecule has 4 heteroatoms. The number of likely N-dealkylation sites (tertiary alicyclic amines) is 1. The van der Waals surface area contributed by atoms with E-state index in [1.165, 1.54) is 6.42 Å². The SMILES string of the molecule is CCOC1CCCN(C(=O)C2(C)CCCCN2)C1. The molecule has 2 atom stereocenters. The van der Waals surface area contributed by atoms with E-state index in [-0.39, 0.29) is 17.6 Å². The molecule has 0 spiro atoms. The van der Waals surface area contributed by atoms with Gasteiger partial charge < -0.3 is 15.0 Å². The monoisotopic (exact) mass is 254 g/mol. The van der Waals surface area contributed by atoms with Crippen molar-refractivity contribution in [3.8, 4) is 0 Å². The summed E-state index contributed by atoms with van der Waals surface area (Å²) in [6.45, 7) is 7.43. The first-order chi connectivity index (χ1) is 8.65. The minimum atomic E-state index is -0.341. The Labute approximate surface area is 110 Å². The number of rotatable bonds is 3. The molecule has 0 saturated carbocycles. The summed E-state index contributed by atoms with van der Waals surface area (Å²) in [6, 6.07) is 0. The molecule has 1 amide bonds. The van der Waals surface area contributed by atoms with E-state index in [9.17, 15) is 4.79 Å². The lowest BCUT2D eigenvalue weighted by Gasteiger charge is -2.41. The minimum Gasteiger partial charge on any atom is -0.377 e. The average Bonchev–Trinajstić information content (AvgIpc) is 2.39. The van der Waals surface area contributed by atoms with Gasteiger partial charge in [-0.1, -0.05) is 0 Å². The van der Waals surface area contributed by atoms with E-state index >= 15 is 0 Å². The van der Waals surface area contributed by atoms with Gasteiger partial charge in [-0.2, -0.15) is 0 Å². The highest BCUT2D eigenvalue weighted by atomic mass is 16.5. The van der Waals surface area contributed by atoms with Gasteiger partial charge in [0.25, 0.3) is 0 Å². The Hall–Kier alpha value is -0.610. The first-order valence-corrected chi connectivity index (χ1v) is 7.32. The Balaban J connectivity index is 1.95. The van der Waals surface area contributed by atoms with Crippen LogP contribution < -0.4 is 5.32 Å². The zero-order valence-electron chi connectivity index (χ0n) is 11.7. The molecule has 0 aromatic rings. The largest absolute Gasteiger partial charge is 0.377 e. The lowest BCUT2D eigenvalue weighted by Crippen LogP contribution is -2.60. The Bertz CT molecular complexity index is 286. The summed E-state index contributed by atoms with van der Waals surface area (Å²) < 4.78 is 5.67. The third kappa shape index (κ3) is 3.04. The van der Waals surface area contributed by atoms with Crippen LogP contribution in [0, 0.1) is 0 Å². The molecule has 0 radical (unpaired) electrons. The molecule has 2 fully saturated rings. The third-order valence-electron chi connectivity index (χ3n) is 4.16. The van der Waals surface area contributed by atoms with Crippen LogP contribution in [-0.4, -0.2) is 48.7 Å². The summed E-state index contributed by atoms with van der Waals surface area (Å²) in [6.07, 6.45) is 5.68. The number of carbonyl (C=O) groups is 1. The fourth-order valence-electron chi connectivity index (χ4n) is 3.08. The lowest BCUT2D eigenvalue weighted by atomic mass is 9.88. The van der Waals surface area contributed by atoms with Gasteiger partial charge in [-0.05, 0) is 52.5 Å². The zero-order valence-corrected chi connectivity index (χ0v) is 11.7. The third-order valence-corrected chi connectivity index (χ3v) is 4.16. The zero-order chi connectivity index (χ0) is 13.0. The summed E-state index contributed by atoms with van der Waals surface area (Å²) in [7, 11) is 0. The van der Waals surface area contributed by atoms with Gasteiger partial charge in [-0.3, -0.25) is 4.79 Å². The maximum absolute atomic E-state index is 12.6. The topological polar surface area (TPSA) is 41.6 Å². The van der Waals surface area contributed by atoms with Gasteiger partial charge in [0.2, 0.25) is 5.91 Å². The molecule has 2 aliphatic rings. The van der Waals surface area contributed by atoms with Crippen LogP contribution in [0.15, 0.2) is 0 Å². The number of hydrogen-bond acceptors (Lipinski definition) is 3. The van der Waals surface area contributed by atoms with E-state index in [1.807, 2.05) is 11.8 Å². The average molecular weight is 254 g/mol. The highest BCUT2D eigenvalue weighted by molar-refractivity contribution is 5.86.